The van der Waals surface area contributed by atoms with Gasteiger partial charge in [-0.1, -0.05) is 29.8 Å². The predicted molar refractivity (Wildman–Crippen MR) is 64.2 cm³/mol. The molecule has 3 heteroatoms. The van der Waals surface area contributed by atoms with E-state index in [1.54, 1.807) is 7.11 Å². The van der Waals surface area contributed by atoms with Crippen LogP contribution >= 0.6 is 11.6 Å². The lowest BCUT2D eigenvalue weighted by atomic mass is 9.91. The number of halogens is 1. The molecule has 0 saturated carbocycles. The highest BCUT2D eigenvalue weighted by Gasteiger charge is 2.19. The summed E-state index contributed by atoms with van der Waals surface area (Å²) < 4.78 is 5.03. The van der Waals surface area contributed by atoms with Crippen LogP contribution in [0.1, 0.15) is 18.9 Å². The van der Waals surface area contributed by atoms with Crippen LogP contribution in [0.5, 0.6) is 0 Å². The van der Waals surface area contributed by atoms with Crippen molar-refractivity contribution in [3.8, 4) is 0 Å². The Labute approximate surface area is 96.4 Å². The Morgan fingerprint density at radius 1 is 1.40 bits per heavy atom. The first kappa shape index (κ1) is 12.5. The molecule has 84 valence electrons. The van der Waals surface area contributed by atoms with Crippen molar-refractivity contribution in [3.63, 3.8) is 0 Å². The molecule has 2 N–H and O–H groups in total. The minimum absolute atomic E-state index is 0.263. The third-order valence-corrected chi connectivity index (χ3v) is 2.80. The molecular formula is C12H18ClNO. The SMILES string of the molecule is COCCC(C)(N)Cc1ccccc1Cl. The zero-order chi connectivity index (χ0) is 11.3. The van der Waals surface area contributed by atoms with Crippen molar-refractivity contribution < 1.29 is 4.74 Å². The Bertz CT molecular complexity index is 312. The van der Waals surface area contributed by atoms with Crippen LogP contribution in [-0.4, -0.2) is 19.3 Å². The Balaban J connectivity index is 2.64. The number of ether oxygens (including phenoxy) is 1. The number of methoxy groups -OCH3 is 1. The van der Waals surface area contributed by atoms with Crippen LogP contribution < -0.4 is 5.73 Å². The third-order valence-electron chi connectivity index (χ3n) is 2.43. The van der Waals surface area contributed by atoms with Crippen LogP contribution in [0.4, 0.5) is 0 Å². The Hall–Kier alpha value is -0.570. The monoisotopic (exact) mass is 227 g/mol. The smallest absolute Gasteiger partial charge is 0.0479 e. The predicted octanol–water partition coefficient (Wildman–Crippen LogP) is 2.64. The van der Waals surface area contributed by atoms with Gasteiger partial charge in [-0.05, 0) is 31.4 Å². The van der Waals surface area contributed by atoms with Gasteiger partial charge in [0.05, 0.1) is 0 Å². The number of hydrogen-bond donors (Lipinski definition) is 1. The molecule has 0 spiro atoms. The number of hydrogen-bond acceptors (Lipinski definition) is 2. The maximum Gasteiger partial charge on any atom is 0.0479 e. The molecule has 0 amide bonds. The summed E-state index contributed by atoms with van der Waals surface area (Å²) in [7, 11) is 1.69. The van der Waals surface area contributed by atoms with E-state index in [-0.39, 0.29) is 5.54 Å². The fraction of sp³-hybridized carbons (Fsp3) is 0.500. The minimum atomic E-state index is -0.263. The van der Waals surface area contributed by atoms with E-state index in [1.165, 1.54) is 0 Å². The first-order valence-electron chi connectivity index (χ1n) is 5.06. The Morgan fingerprint density at radius 3 is 2.67 bits per heavy atom. The van der Waals surface area contributed by atoms with E-state index in [1.807, 2.05) is 31.2 Å². The zero-order valence-corrected chi connectivity index (χ0v) is 10.1. The van der Waals surface area contributed by atoms with Gasteiger partial charge in [-0.25, -0.2) is 0 Å². The Kier molecular flexibility index (Phi) is 4.58. The molecule has 1 aromatic carbocycles. The lowest BCUT2D eigenvalue weighted by Crippen LogP contribution is -2.39. The highest BCUT2D eigenvalue weighted by molar-refractivity contribution is 6.31. The van der Waals surface area contributed by atoms with Crippen LogP contribution in [-0.2, 0) is 11.2 Å². The minimum Gasteiger partial charge on any atom is -0.385 e. The van der Waals surface area contributed by atoms with Crippen molar-refractivity contribution in [1.29, 1.82) is 0 Å². The summed E-state index contributed by atoms with van der Waals surface area (Å²) in [5.41, 5.74) is 7.00. The summed E-state index contributed by atoms with van der Waals surface area (Å²) >= 11 is 6.08. The van der Waals surface area contributed by atoms with Crippen molar-refractivity contribution in [2.24, 2.45) is 5.73 Å². The van der Waals surface area contributed by atoms with E-state index in [2.05, 4.69) is 0 Å². The molecule has 0 saturated heterocycles. The number of rotatable bonds is 5. The molecular weight excluding hydrogens is 210 g/mol. The van der Waals surface area contributed by atoms with Crippen LogP contribution in [0.15, 0.2) is 24.3 Å². The highest BCUT2D eigenvalue weighted by Crippen LogP contribution is 2.21. The highest BCUT2D eigenvalue weighted by atomic mass is 35.5. The van der Waals surface area contributed by atoms with Gasteiger partial charge in [0.15, 0.2) is 0 Å². The van der Waals surface area contributed by atoms with Gasteiger partial charge < -0.3 is 10.5 Å². The fourth-order valence-electron chi connectivity index (χ4n) is 1.50. The van der Waals surface area contributed by atoms with Crippen molar-refractivity contribution in [3.05, 3.63) is 34.9 Å². The normalized spacial score (nSPS) is 14.9. The first-order valence-corrected chi connectivity index (χ1v) is 5.44. The van der Waals surface area contributed by atoms with Gasteiger partial charge in [0, 0.05) is 24.3 Å². The third kappa shape index (κ3) is 4.20. The van der Waals surface area contributed by atoms with E-state index >= 15 is 0 Å². The molecule has 0 aliphatic carbocycles. The second-order valence-corrected chi connectivity index (χ2v) is 4.57. The molecule has 1 aromatic rings. The van der Waals surface area contributed by atoms with E-state index in [4.69, 9.17) is 22.1 Å². The van der Waals surface area contributed by atoms with E-state index in [9.17, 15) is 0 Å². The molecule has 0 aliphatic heterocycles. The van der Waals surface area contributed by atoms with E-state index in [0.29, 0.717) is 6.61 Å². The molecule has 0 aromatic heterocycles. The summed E-state index contributed by atoms with van der Waals surface area (Å²) in [5, 5.41) is 0.784. The van der Waals surface area contributed by atoms with Gasteiger partial charge in [-0.3, -0.25) is 0 Å². The summed E-state index contributed by atoms with van der Waals surface area (Å²) in [4.78, 5) is 0. The van der Waals surface area contributed by atoms with Gasteiger partial charge in [0.1, 0.15) is 0 Å². The van der Waals surface area contributed by atoms with Gasteiger partial charge in [0.2, 0.25) is 0 Å². The quantitative estimate of drug-likeness (QED) is 0.840. The first-order chi connectivity index (χ1) is 7.05. The largest absolute Gasteiger partial charge is 0.385 e. The van der Waals surface area contributed by atoms with Crippen molar-refractivity contribution in [1.82, 2.24) is 0 Å². The summed E-state index contributed by atoms with van der Waals surface area (Å²) in [6.07, 6.45) is 1.60. The average Bonchev–Trinajstić information content (AvgIpc) is 2.18. The van der Waals surface area contributed by atoms with E-state index < -0.39 is 0 Å². The van der Waals surface area contributed by atoms with Crippen molar-refractivity contribution in [2.45, 2.75) is 25.3 Å². The molecule has 0 heterocycles. The van der Waals surface area contributed by atoms with Crippen LogP contribution in [0.2, 0.25) is 5.02 Å². The molecule has 15 heavy (non-hydrogen) atoms. The summed E-state index contributed by atoms with van der Waals surface area (Å²) in [6, 6.07) is 7.81. The summed E-state index contributed by atoms with van der Waals surface area (Å²) in [5.74, 6) is 0. The molecule has 2 nitrogen and oxygen atoms in total. The van der Waals surface area contributed by atoms with Crippen LogP contribution in [0, 0.1) is 0 Å². The molecule has 1 rings (SSSR count). The maximum atomic E-state index is 6.17. The lowest BCUT2D eigenvalue weighted by molar-refractivity contribution is 0.171. The van der Waals surface area contributed by atoms with Gasteiger partial charge in [-0.2, -0.15) is 0 Å². The van der Waals surface area contributed by atoms with E-state index in [0.717, 1.165) is 23.4 Å². The summed E-state index contributed by atoms with van der Waals surface area (Å²) in [6.45, 7) is 2.70. The topological polar surface area (TPSA) is 35.2 Å². The van der Waals surface area contributed by atoms with Gasteiger partial charge in [0.25, 0.3) is 0 Å². The molecule has 0 aliphatic rings. The average molecular weight is 228 g/mol. The zero-order valence-electron chi connectivity index (χ0n) is 9.29. The second kappa shape index (κ2) is 5.50. The molecule has 0 radical (unpaired) electrons. The number of nitrogens with two attached hydrogens (primary N) is 1. The molecule has 0 bridgehead atoms. The van der Waals surface area contributed by atoms with Crippen molar-refractivity contribution >= 4 is 11.6 Å². The second-order valence-electron chi connectivity index (χ2n) is 4.17. The molecule has 0 fully saturated rings. The van der Waals surface area contributed by atoms with Crippen LogP contribution in [0.25, 0.3) is 0 Å². The van der Waals surface area contributed by atoms with Gasteiger partial charge in [-0.15, -0.1) is 0 Å². The number of benzene rings is 1. The maximum absolute atomic E-state index is 6.17. The Morgan fingerprint density at radius 2 is 2.07 bits per heavy atom. The fourth-order valence-corrected chi connectivity index (χ4v) is 1.70. The molecule has 1 atom stereocenters. The lowest BCUT2D eigenvalue weighted by Gasteiger charge is -2.24. The molecule has 1 unspecified atom stereocenters. The van der Waals surface area contributed by atoms with Gasteiger partial charge >= 0.3 is 0 Å². The van der Waals surface area contributed by atoms with Crippen molar-refractivity contribution in [2.75, 3.05) is 13.7 Å². The van der Waals surface area contributed by atoms with Crippen LogP contribution in [0.3, 0.4) is 0 Å². The standard InChI is InChI=1S/C12H18ClNO/c1-12(14,7-8-15-2)9-10-5-3-4-6-11(10)13/h3-6H,7-9,14H2,1-2H3.